The summed E-state index contributed by atoms with van der Waals surface area (Å²) in [7, 11) is 0. The van der Waals surface area contributed by atoms with Crippen LogP contribution in [-0.4, -0.2) is 9.97 Å². The van der Waals surface area contributed by atoms with Crippen LogP contribution in [-0.2, 0) is 0 Å². The summed E-state index contributed by atoms with van der Waals surface area (Å²) in [5.74, 6) is 0.590. The van der Waals surface area contributed by atoms with Crippen LogP contribution in [0, 0.1) is 0 Å². The van der Waals surface area contributed by atoms with Crippen molar-refractivity contribution in [3.05, 3.63) is 169 Å². The van der Waals surface area contributed by atoms with Gasteiger partial charge in [0.2, 0.25) is 0 Å². The number of hydrogen-bond donors (Lipinski definition) is 0. The van der Waals surface area contributed by atoms with E-state index < -0.39 is 0 Å². The Kier molecular flexibility index (Phi) is 7.56. The van der Waals surface area contributed by atoms with E-state index in [1.807, 2.05) is 0 Å². The average molecular weight is 693 g/mol. The Morgan fingerprint density at radius 2 is 0.815 bits per heavy atom. The summed E-state index contributed by atoms with van der Waals surface area (Å²) in [5, 5.41) is 12.2. The van der Waals surface area contributed by atoms with Crippen LogP contribution in [0.1, 0.15) is 50.9 Å². The SMILES string of the molecule is CC(C)c1ccc2ccc3c(-c4ccc5c(-c6ccc7ccccc7c6)c6ccccc6c(-c6ccc7ccccc7c6)c5c4)cc(C(C)C)nc3c2n1. The van der Waals surface area contributed by atoms with Gasteiger partial charge in [-0.25, -0.2) is 0 Å². The summed E-state index contributed by atoms with van der Waals surface area (Å²) in [6, 6.07) is 58.4. The molecule has 0 amide bonds. The first kappa shape index (κ1) is 32.3. The van der Waals surface area contributed by atoms with Crippen LogP contribution in [0.5, 0.6) is 0 Å². The second-order valence-electron chi connectivity index (χ2n) is 15.4. The Bertz CT molecular complexity index is 3110. The summed E-state index contributed by atoms with van der Waals surface area (Å²) in [5.41, 5.74) is 11.5. The van der Waals surface area contributed by atoms with Gasteiger partial charge in [0.1, 0.15) is 0 Å². The summed E-state index contributed by atoms with van der Waals surface area (Å²) >= 11 is 0. The quantitative estimate of drug-likeness (QED) is 0.133. The third kappa shape index (κ3) is 5.24. The molecule has 8 aromatic carbocycles. The molecular formula is C52H40N2. The van der Waals surface area contributed by atoms with Gasteiger partial charge in [-0.1, -0.05) is 155 Å². The fourth-order valence-corrected chi connectivity index (χ4v) is 8.42. The van der Waals surface area contributed by atoms with Gasteiger partial charge >= 0.3 is 0 Å². The number of rotatable bonds is 5. The van der Waals surface area contributed by atoms with Crippen LogP contribution in [0.25, 0.3) is 98.3 Å². The first-order valence-corrected chi connectivity index (χ1v) is 19.1. The van der Waals surface area contributed by atoms with Crippen LogP contribution >= 0.6 is 0 Å². The van der Waals surface area contributed by atoms with E-state index in [4.69, 9.17) is 9.97 Å². The molecule has 10 aromatic rings. The molecule has 0 aliphatic heterocycles. The number of pyridine rings is 2. The van der Waals surface area contributed by atoms with Gasteiger partial charge < -0.3 is 0 Å². The molecule has 0 saturated heterocycles. The average Bonchev–Trinajstić information content (AvgIpc) is 3.21. The molecule has 54 heavy (non-hydrogen) atoms. The van der Waals surface area contributed by atoms with E-state index in [9.17, 15) is 0 Å². The minimum atomic E-state index is 0.258. The maximum atomic E-state index is 5.30. The van der Waals surface area contributed by atoms with Crippen molar-refractivity contribution in [2.45, 2.75) is 39.5 Å². The fourth-order valence-electron chi connectivity index (χ4n) is 8.42. The van der Waals surface area contributed by atoms with Crippen LogP contribution in [0.3, 0.4) is 0 Å². The Balaban J connectivity index is 1.32. The monoisotopic (exact) mass is 692 g/mol. The number of hydrogen-bond acceptors (Lipinski definition) is 2. The summed E-state index contributed by atoms with van der Waals surface area (Å²) in [6.45, 7) is 8.87. The minimum Gasteiger partial charge on any atom is -0.250 e. The predicted molar refractivity (Wildman–Crippen MR) is 232 cm³/mol. The second-order valence-corrected chi connectivity index (χ2v) is 15.4. The van der Waals surface area contributed by atoms with Crippen LogP contribution in [0.15, 0.2) is 158 Å². The smallest absolute Gasteiger partial charge is 0.0974 e. The van der Waals surface area contributed by atoms with E-state index in [1.54, 1.807) is 0 Å². The molecule has 0 bridgehead atoms. The fraction of sp³-hybridized carbons (Fsp3) is 0.115. The van der Waals surface area contributed by atoms with Crippen molar-refractivity contribution in [3.8, 4) is 33.4 Å². The lowest BCUT2D eigenvalue weighted by Crippen LogP contribution is -1.99. The number of benzene rings is 8. The maximum absolute atomic E-state index is 5.30. The Morgan fingerprint density at radius 3 is 1.44 bits per heavy atom. The van der Waals surface area contributed by atoms with Crippen molar-refractivity contribution in [2.24, 2.45) is 0 Å². The molecule has 0 saturated carbocycles. The molecule has 10 rings (SSSR count). The molecule has 0 aliphatic rings. The predicted octanol–water partition coefficient (Wildman–Crippen LogP) is 14.6. The zero-order valence-corrected chi connectivity index (χ0v) is 31.1. The number of fused-ring (bicyclic) bond motifs is 7. The molecule has 0 fully saturated rings. The molecule has 0 atom stereocenters. The zero-order valence-electron chi connectivity index (χ0n) is 31.1. The highest BCUT2D eigenvalue weighted by molar-refractivity contribution is 6.23. The van der Waals surface area contributed by atoms with Gasteiger partial charge in [-0.05, 0) is 119 Å². The highest BCUT2D eigenvalue weighted by Gasteiger charge is 2.20. The highest BCUT2D eigenvalue weighted by atomic mass is 14.8. The van der Waals surface area contributed by atoms with Gasteiger partial charge in [-0.2, -0.15) is 0 Å². The van der Waals surface area contributed by atoms with Crippen LogP contribution < -0.4 is 0 Å². The second kappa shape index (κ2) is 12.6. The van der Waals surface area contributed by atoms with E-state index in [0.29, 0.717) is 5.92 Å². The van der Waals surface area contributed by atoms with Gasteiger partial charge in [0.25, 0.3) is 0 Å². The molecular weight excluding hydrogens is 653 g/mol. The molecule has 2 heteroatoms. The molecule has 0 aliphatic carbocycles. The topological polar surface area (TPSA) is 25.8 Å². The highest BCUT2D eigenvalue weighted by Crippen LogP contribution is 2.46. The van der Waals surface area contributed by atoms with Crippen LogP contribution in [0.4, 0.5) is 0 Å². The molecule has 0 radical (unpaired) electrons. The lowest BCUT2D eigenvalue weighted by molar-refractivity contribution is 0.826. The maximum Gasteiger partial charge on any atom is 0.0974 e. The van der Waals surface area contributed by atoms with E-state index in [2.05, 4.69) is 185 Å². The van der Waals surface area contributed by atoms with Crippen molar-refractivity contribution in [2.75, 3.05) is 0 Å². The largest absolute Gasteiger partial charge is 0.250 e. The van der Waals surface area contributed by atoms with Crippen LogP contribution in [0.2, 0.25) is 0 Å². The molecule has 2 heterocycles. The number of nitrogens with zero attached hydrogens (tertiary/aromatic N) is 2. The molecule has 0 unspecified atom stereocenters. The van der Waals surface area contributed by atoms with Crippen molar-refractivity contribution in [1.29, 1.82) is 0 Å². The lowest BCUT2D eigenvalue weighted by atomic mass is 9.84. The van der Waals surface area contributed by atoms with Gasteiger partial charge in [0.05, 0.1) is 11.0 Å². The Hall–Kier alpha value is -6.38. The van der Waals surface area contributed by atoms with E-state index in [1.165, 1.54) is 76.5 Å². The summed E-state index contributed by atoms with van der Waals surface area (Å²) in [4.78, 5) is 10.5. The third-order valence-corrected chi connectivity index (χ3v) is 11.3. The van der Waals surface area contributed by atoms with Gasteiger partial charge in [-0.15, -0.1) is 0 Å². The van der Waals surface area contributed by atoms with Crippen molar-refractivity contribution < 1.29 is 0 Å². The standard InChI is InChI=1S/C52H40N2/c1-31(2)47-26-23-35-21-25-44-45(30-48(32(3)4)54-52(44)51(35)53-47)38-22-24-43-46(29-38)50(40-20-18-34-12-6-8-14-37(34)28-40)42-16-10-9-15-41(42)49(43)39-19-17-33-11-5-7-13-36(33)27-39/h5-32H,1-4H3. The van der Waals surface area contributed by atoms with Gasteiger partial charge in [0, 0.05) is 22.2 Å². The Morgan fingerprint density at radius 1 is 0.333 bits per heavy atom. The minimum absolute atomic E-state index is 0.258. The normalized spacial score (nSPS) is 12.0. The van der Waals surface area contributed by atoms with E-state index >= 15 is 0 Å². The molecule has 2 nitrogen and oxygen atoms in total. The van der Waals surface area contributed by atoms with Gasteiger partial charge in [0.15, 0.2) is 0 Å². The molecule has 2 aromatic heterocycles. The van der Waals surface area contributed by atoms with E-state index in [-0.39, 0.29) is 5.92 Å². The van der Waals surface area contributed by atoms with Crippen molar-refractivity contribution >= 4 is 64.9 Å². The van der Waals surface area contributed by atoms with Gasteiger partial charge in [-0.3, -0.25) is 9.97 Å². The molecule has 0 N–H and O–H groups in total. The van der Waals surface area contributed by atoms with E-state index in [0.717, 1.165) is 33.2 Å². The third-order valence-electron chi connectivity index (χ3n) is 11.3. The summed E-state index contributed by atoms with van der Waals surface area (Å²) < 4.78 is 0. The number of aromatic nitrogens is 2. The van der Waals surface area contributed by atoms with Crippen molar-refractivity contribution in [1.82, 2.24) is 9.97 Å². The first-order valence-electron chi connectivity index (χ1n) is 19.1. The lowest BCUT2D eigenvalue weighted by Gasteiger charge is -2.20. The first-order chi connectivity index (χ1) is 26.4. The Labute approximate surface area is 315 Å². The molecule has 0 spiro atoms. The van der Waals surface area contributed by atoms with Crippen molar-refractivity contribution in [3.63, 3.8) is 0 Å². The molecule has 258 valence electrons. The summed E-state index contributed by atoms with van der Waals surface area (Å²) in [6.07, 6.45) is 0. The zero-order chi connectivity index (χ0) is 36.5.